The maximum absolute atomic E-state index is 13.1. The number of amides is 1. The second-order valence-corrected chi connectivity index (χ2v) is 7.65. The molecule has 156 valence electrons. The van der Waals surface area contributed by atoms with E-state index in [-0.39, 0.29) is 17.5 Å². The molecule has 1 N–H and O–H groups in total. The highest BCUT2D eigenvalue weighted by Crippen LogP contribution is 2.32. The molecule has 6 nitrogen and oxygen atoms in total. The highest BCUT2D eigenvalue weighted by atomic mass is 35.5. The first-order valence-corrected chi connectivity index (χ1v) is 10.0. The molecule has 0 spiro atoms. The van der Waals surface area contributed by atoms with Crippen LogP contribution in [0.2, 0.25) is 5.02 Å². The van der Waals surface area contributed by atoms with Crippen molar-refractivity contribution in [1.29, 1.82) is 0 Å². The number of hydrogen-bond donors (Lipinski definition) is 1. The molecule has 0 radical (unpaired) electrons. The Balaban J connectivity index is 1.52. The van der Waals surface area contributed by atoms with Crippen LogP contribution in [0.25, 0.3) is 11.3 Å². The summed E-state index contributed by atoms with van der Waals surface area (Å²) in [5, 5.41) is 14.9. The van der Waals surface area contributed by atoms with E-state index in [1.165, 1.54) is 12.1 Å². The zero-order valence-corrected chi connectivity index (χ0v) is 17.1. The molecular weight excluding hydrogens is 409 g/mol. The third kappa shape index (κ3) is 4.04. The molecule has 2 aromatic carbocycles. The standard InChI is InChI=1S/C22H21ClFN3O3/c1-14(28)19-20(15-2-4-16(23)5-3-15)25-30-21(19)22(29)27-12-10-26(11-13-27)18-8-6-17(24)7-9-18/h2-9,14,28H,10-13H2,1H3/t14-/m0/s1. The quantitative estimate of drug-likeness (QED) is 0.674. The lowest BCUT2D eigenvalue weighted by Crippen LogP contribution is -2.48. The zero-order valence-electron chi connectivity index (χ0n) is 16.4. The molecule has 0 unspecified atom stereocenters. The van der Waals surface area contributed by atoms with Gasteiger partial charge < -0.3 is 19.4 Å². The molecule has 1 saturated heterocycles. The number of aliphatic hydroxyl groups is 1. The molecule has 1 aliphatic rings. The van der Waals surface area contributed by atoms with Gasteiger partial charge >= 0.3 is 0 Å². The minimum Gasteiger partial charge on any atom is -0.388 e. The fourth-order valence-corrected chi connectivity index (χ4v) is 3.74. The average Bonchev–Trinajstić information content (AvgIpc) is 3.20. The van der Waals surface area contributed by atoms with Crippen LogP contribution in [0.15, 0.2) is 53.1 Å². The maximum atomic E-state index is 13.1. The van der Waals surface area contributed by atoms with Gasteiger partial charge in [0.2, 0.25) is 5.76 Å². The molecule has 8 heteroatoms. The van der Waals surface area contributed by atoms with Gasteiger partial charge in [0.15, 0.2) is 0 Å². The van der Waals surface area contributed by atoms with Gasteiger partial charge in [0.25, 0.3) is 5.91 Å². The zero-order chi connectivity index (χ0) is 21.3. The van der Waals surface area contributed by atoms with Gasteiger partial charge in [-0.3, -0.25) is 4.79 Å². The summed E-state index contributed by atoms with van der Waals surface area (Å²) in [5.74, 6) is -0.539. The van der Waals surface area contributed by atoms with E-state index in [2.05, 4.69) is 10.1 Å². The number of aliphatic hydroxyl groups excluding tert-OH is 1. The summed E-state index contributed by atoms with van der Waals surface area (Å²) in [6.45, 7) is 3.76. The molecule has 1 fully saturated rings. The highest BCUT2D eigenvalue weighted by Gasteiger charge is 2.31. The smallest absolute Gasteiger partial charge is 0.293 e. The number of halogens is 2. The van der Waals surface area contributed by atoms with Gasteiger partial charge in [-0.25, -0.2) is 4.39 Å². The Morgan fingerprint density at radius 1 is 1.10 bits per heavy atom. The number of carbonyl (C=O) groups excluding carboxylic acids is 1. The summed E-state index contributed by atoms with van der Waals surface area (Å²) in [5.41, 5.74) is 2.41. The molecule has 1 aliphatic heterocycles. The summed E-state index contributed by atoms with van der Waals surface area (Å²) < 4.78 is 18.5. The first kappa shape index (κ1) is 20.4. The van der Waals surface area contributed by atoms with Crippen molar-refractivity contribution in [1.82, 2.24) is 10.1 Å². The van der Waals surface area contributed by atoms with Crippen LogP contribution in [0.3, 0.4) is 0 Å². The van der Waals surface area contributed by atoms with Crippen LogP contribution < -0.4 is 4.90 Å². The van der Waals surface area contributed by atoms with E-state index in [1.54, 1.807) is 48.2 Å². The lowest BCUT2D eigenvalue weighted by molar-refractivity contribution is 0.0696. The van der Waals surface area contributed by atoms with Crippen molar-refractivity contribution in [3.63, 3.8) is 0 Å². The third-order valence-corrected chi connectivity index (χ3v) is 5.47. The Labute approximate surface area is 178 Å². The van der Waals surface area contributed by atoms with E-state index >= 15 is 0 Å². The molecule has 1 aromatic heterocycles. The number of aromatic nitrogens is 1. The predicted octanol–water partition coefficient (Wildman–Crippen LogP) is 4.15. The van der Waals surface area contributed by atoms with Gasteiger partial charge in [0, 0.05) is 42.5 Å². The molecule has 30 heavy (non-hydrogen) atoms. The van der Waals surface area contributed by atoms with Crippen molar-refractivity contribution in [3.05, 3.63) is 70.7 Å². The Morgan fingerprint density at radius 2 is 1.73 bits per heavy atom. The molecular formula is C22H21ClFN3O3. The van der Waals surface area contributed by atoms with Crippen molar-refractivity contribution >= 4 is 23.2 Å². The second-order valence-electron chi connectivity index (χ2n) is 7.21. The minimum atomic E-state index is -0.929. The van der Waals surface area contributed by atoms with E-state index in [4.69, 9.17) is 16.1 Å². The first-order valence-electron chi connectivity index (χ1n) is 9.67. The molecule has 3 aromatic rings. The van der Waals surface area contributed by atoms with Gasteiger partial charge in [-0.2, -0.15) is 0 Å². The maximum Gasteiger partial charge on any atom is 0.293 e. The Bertz CT molecular complexity index is 1030. The van der Waals surface area contributed by atoms with Crippen molar-refractivity contribution in [2.75, 3.05) is 31.1 Å². The molecule has 4 rings (SSSR count). The Hall–Kier alpha value is -2.90. The van der Waals surface area contributed by atoms with Crippen LogP contribution in [0.1, 0.15) is 29.1 Å². The van der Waals surface area contributed by atoms with E-state index in [9.17, 15) is 14.3 Å². The number of hydrogen-bond acceptors (Lipinski definition) is 5. The molecule has 1 amide bonds. The van der Waals surface area contributed by atoms with Gasteiger partial charge in [0.05, 0.1) is 11.7 Å². The molecule has 2 heterocycles. The molecule has 0 saturated carbocycles. The fraction of sp³-hybridized carbons (Fsp3) is 0.273. The van der Waals surface area contributed by atoms with Gasteiger partial charge in [-0.05, 0) is 43.3 Å². The number of rotatable bonds is 4. The van der Waals surface area contributed by atoms with Crippen molar-refractivity contribution in [2.45, 2.75) is 13.0 Å². The number of carbonyl (C=O) groups is 1. The van der Waals surface area contributed by atoms with E-state index in [0.29, 0.717) is 48.0 Å². The van der Waals surface area contributed by atoms with Crippen molar-refractivity contribution in [3.8, 4) is 11.3 Å². The summed E-state index contributed by atoms with van der Waals surface area (Å²) >= 11 is 5.95. The summed E-state index contributed by atoms with van der Waals surface area (Å²) in [6.07, 6.45) is -0.929. The second kappa shape index (κ2) is 8.45. The van der Waals surface area contributed by atoms with E-state index in [0.717, 1.165) is 5.69 Å². The topological polar surface area (TPSA) is 69.8 Å². The van der Waals surface area contributed by atoms with Crippen LogP contribution in [0, 0.1) is 5.82 Å². The van der Waals surface area contributed by atoms with E-state index in [1.807, 2.05) is 0 Å². The lowest BCUT2D eigenvalue weighted by Gasteiger charge is -2.35. The first-order chi connectivity index (χ1) is 14.4. The van der Waals surface area contributed by atoms with Crippen LogP contribution in [-0.4, -0.2) is 47.2 Å². The van der Waals surface area contributed by atoms with Gasteiger partial charge in [0.1, 0.15) is 11.5 Å². The van der Waals surface area contributed by atoms with Crippen LogP contribution in [0.5, 0.6) is 0 Å². The summed E-state index contributed by atoms with van der Waals surface area (Å²) in [4.78, 5) is 16.9. The normalized spacial score (nSPS) is 15.3. The minimum absolute atomic E-state index is 0.0465. The predicted molar refractivity (Wildman–Crippen MR) is 112 cm³/mol. The molecule has 1 atom stereocenters. The van der Waals surface area contributed by atoms with E-state index < -0.39 is 6.10 Å². The summed E-state index contributed by atoms with van der Waals surface area (Å²) in [6, 6.07) is 13.3. The van der Waals surface area contributed by atoms with Crippen molar-refractivity contribution < 1.29 is 18.8 Å². The highest BCUT2D eigenvalue weighted by molar-refractivity contribution is 6.30. The number of nitrogens with zero attached hydrogens (tertiary/aromatic N) is 3. The Morgan fingerprint density at radius 3 is 2.33 bits per heavy atom. The Kier molecular flexibility index (Phi) is 5.74. The van der Waals surface area contributed by atoms with Crippen LogP contribution in [-0.2, 0) is 0 Å². The molecule has 0 bridgehead atoms. The monoisotopic (exact) mass is 429 g/mol. The largest absolute Gasteiger partial charge is 0.388 e. The number of piperazine rings is 1. The fourth-order valence-electron chi connectivity index (χ4n) is 3.62. The third-order valence-electron chi connectivity index (χ3n) is 5.22. The van der Waals surface area contributed by atoms with Crippen LogP contribution in [0.4, 0.5) is 10.1 Å². The number of anilines is 1. The average molecular weight is 430 g/mol. The molecule has 0 aliphatic carbocycles. The van der Waals surface area contributed by atoms with Crippen molar-refractivity contribution in [2.24, 2.45) is 0 Å². The van der Waals surface area contributed by atoms with Gasteiger partial charge in [-0.15, -0.1) is 0 Å². The SMILES string of the molecule is C[C@H](O)c1c(-c2ccc(Cl)cc2)noc1C(=O)N1CCN(c2ccc(F)cc2)CC1. The van der Waals surface area contributed by atoms with Gasteiger partial charge in [-0.1, -0.05) is 28.9 Å². The number of benzene rings is 2. The summed E-state index contributed by atoms with van der Waals surface area (Å²) in [7, 11) is 0. The van der Waals surface area contributed by atoms with Crippen LogP contribution >= 0.6 is 11.6 Å². The lowest BCUT2D eigenvalue weighted by atomic mass is 10.0.